The Hall–Kier alpha value is -4.25. The third kappa shape index (κ3) is 8.37. The van der Waals surface area contributed by atoms with Crippen LogP contribution in [0.2, 0.25) is 0 Å². The lowest BCUT2D eigenvalue weighted by Gasteiger charge is -2.28. The Bertz CT molecular complexity index is 1180. The van der Waals surface area contributed by atoms with Crippen LogP contribution in [-0.4, -0.2) is 56.5 Å². The van der Waals surface area contributed by atoms with Gasteiger partial charge in [-0.25, -0.2) is 9.59 Å². The molecule has 1 aliphatic heterocycles. The number of aliphatic hydroxyl groups excluding tert-OH is 1. The van der Waals surface area contributed by atoms with Gasteiger partial charge in [0, 0.05) is 5.70 Å². The predicted octanol–water partition coefficient (Wildman–Crippen LogP) is 3.39. The molecule has 1 aliphatic rings. The van der Waals surface area contributed by atoms with Crippen LogP contribution < -0.4 is 30.3 Å². The molecule has 39 heavy (non-hydrogen) atoms. The number of allylic oxidation sites excluding steroid dienone is 1. The maximum absolute atomic E-state index is 12.4. The van der Waals surface area contributed by atoms with E-state index in [0.717, 1.165) is 24.2 Å². The van der Waals surface area contributed by atoms with E-state index in [1.807, 2.05) is 31.2 Å². The van der Waals surface area contributed by atoms with Crippen LogP contribution in [0.1, 0.15) is 50.8 Å². The number of urea groups is 1. The standard InChI is InChI=1S/C28H36N4O7/c1-5-7-14-38-21-11-8-19(9-12-21)16-29-32-24(33)17-39-22-13-10-20(15-23(22)37-6-2)26-25(27(34)36-4)18(3)30-28(35)31-26/h8-13,15-16,24,26,32-33H,5-7,14,17H2,1-4H3,(H2,30,31,35)/b29-16-/t24-,26+/m0/s1. The number of esters is 1. The fraction of sp³-hybridized carbons (Fsp3) is 0.393. The second-order valence-corrected chi connectivity index (χ2v) is 8.69. The van der Waals surface area contributed by atoms with Crippen molar-refractivity contribution in [2.24, 2.45) is 5.10 Å². The van der Waals surface area contributed by atoms with Gasteiger partial charge in [-0.15, -0.1) is 0 Å². The van der Waals surface area contributed by atoms with E-state index in [9.17, 15) is 14.7 Å². The number of amides is 2. The fourth-order valence-corrected chi connectivity index (χ4v) is 3.80. The number of nitrogens with zero attached hydrogens (tertiary/aromatic N) is 1. The van der Waals surface area contributed by atoms with Crippen molar-refractivity contribution in [2.45, 2.75) is 45.9 Å². The highest BCUT2D eigenvalue weighted by atomic mass is 16.5. The largest absolute Gasteiger partial charge is 0.494 e. The van der Waals surface area contributed by atoms with Gasteiger partial charge < -0.3 is 34.7 Å². The molecule has 0 radical (unpaired) electrons. The molecule has 0 saturated heterocycles. The number of unbranched alkanes of at least 4 members (excludes halogenated alkanes) is 1. The Morgan fingerprint density at radius 1 is 1.13 bits per heavy atom. The third-order valence-electron chi connectivity index (χ3n) is 5.76. The summed E-state index contributed by atoms with van der Waals surface area (Å²) in [6, 6.07) is 11.4. The number of carbonyl (C=O) groups is 2. The van der Waals surface area contributed by atoms with E-state index in [-0.39, 0.29) is 12.2 Å². The Morgan fingerprint density at radius 3 is 2.59 bits per heavy atom. The molecule has 2 aromatic carbocycles. The zero-order chi connectivity index (χ0) is 28.2. The second kappa shape index (κ2) is 14.6. The first-order valence-corrected chi connectivity index (χ1v) is 12.8. The zero-order valence-electron chi connectivity index (χ0n) is 22.7. The maximum Gasteiger partial charge on any atom is 0.337 e. The van der Waals surface area contributed by atoms with Gasteiger partial charge in [-0.1, -0.05) is 19.4 Å². The van der Waals surface area contributed by atoms with Crippen LogP contribution in [0.25, 0.3) is 0 Å². The summed E-state index contributed by atoms with van der Waals surface area (Å²) in [6.07, 6.45) is 2.58. The first-order valence-electron chi connectivity index (χ1n) is 12.8. The molecule has 2 aromatic rings. The van der Waals surface area contributed by atoms with E-state index >= 15 is 0 Å². The number of ether oxygens (including phenoxy) is 4. The molecule has 3 rings (SSSR count). The lowest BCUT2D eigenvalue weighted by atomic mass is 9.95. The van der Waals surface area contributed by atoms with Crippen molar-refractivity contribution in [1.29, 1.82) is 0 Å². The zero-order valence-corrected chi connectivity index (χ0v) is 22.7. The fourth-order valence-electron chi connectivity index (χ4n) is 3.80. The van der Waals surface area contributed by atoms with E-state index < -0.39 is 24.3 Å². The molecule has 2 atom stereocenters. The number of nitrogens with one attached hydrogen (secondary N) is 3. The van der Waals surface area contributed by atoms with Gasteiger partial charge in [0.25, 0.3) is 0 Å². The summed E-state index contributed by atoms with van der Waals surface area (Å²) in [5, 5.41) is 19.7. The lowest BCUT2D eigenvalue weighted by Crippen LogP contribution is -2.45. The minimum absolute atomic E-state index is 0.114. The van der Waals surface area contributed by atoms with Gasteiger partial charge in [-0.2, -0.15) is 5.10 Å². The van der Waals surface area contributed by atoms with Gasteiger partial charge in [0.15, 0.2) is 17.7 Å². The Labute approximate surface area is 228 Å². The number of hydrazone groups is 1. The van der Waals surface area contributed by atoms with Crippen LogP contribution in [0.3, 0.4) is 0 Å². The summed E-state index contributed by atoms with van der Waals surface area (Å²) in [4.78, 5) is 24.5. The number of carbonyl (C=O) groups excluding carboxylic acids is 2. The van der Waals surface area contributed by atoms with Crippen molar-refractivity contribution in [1.82, 2.24) is 16.1 Å². The topological polar surface area (TPSA) is 140 Å². The smallest absolute Gasteiger partial charge is 0.337 e. The molecule has 1 heterocycles. The highest BCUT2D eigenvalue weighted by Crippen LogP contribution is 2.34. The molecule has 2 amide bonds. The summed E-state index contributed by atoms with van der Waals surface area (Å²) in [5.41, 5.74) is 4.75. The molecule has 0 aliphatic carbocycles. The second-order valence-electron chi connectivity index (χ2n) is 8.69. The normalized spacial score (nSPS) is 15.8. The average molecular weight is 541 g/mol. The number of hydrogen-bond donors (Lipinski definition) is 4. The van der Waals surface area contributed by atoms with Crippen LogP contribution in [0.5, 0.6) is 17.2 Å². The number of aliphatic hydroxyl groups is 1. The van der Waals surface area contributed by atoms with Gasteiger partial charge in [-0.3, -0.25) is 5.43 Å². The summed E-state index contributed by atoms with van der Waals surface area (Å²) in [6.45, 7) is 6.49. The average Bonchev–Trinajstić information content (AvgIpc) is 2.92. The number of benzene rings is 2. The van der Waals surface area contributed by atoms with Crippen LogP contribution in [0.15, 0.2) is 58.8 Å². The summed E-state index contributed by atoms with van der Waals surface area (Å²) < 4.78 is 22.0. The molecule has 0 spiro atoms. The van der Waals surface area contributed by atoms with Crippen LogP contribution in [0.4, 0.5) is 4.79 Å². The molecule has 0 fully saturated rings. The van der Waals surface area contributed by atoms with E-state index in [0.29, 0.717) is 36.0 Å². The van der Waals surface area contributed by atoms with Crippen molar-refractivity contribution in [2.75, 3.05) is 26.9 Å². The van der Waals surface area contributed by atoms with Gasteiger partial charge in [0.05, 0.1) is 38.2 Å². The van der Waals surface area contributed by atoms with Crippen molar-refractivity contribution in [3.63, 3.8) is 0 Å². The van der Waals surface area contributed by atoms with E-state index in [4.69, 9.17) is 18.9 Å². The minimum atomic E-state index is -1.09. The van der Waals surface area contributed by atoms with Gasteiger partial charge in [0.1, 0.15) is 12.4 Å². The molecule has 4 N–H and O–H groups in total. The van der Waals surface area contributed by atoms with Gasteiger partial charge >= 0.3 is 12.0 Å². The van der Waals surface area contributed by atoms with Crippen molar-refractivity contribution in [3.8, 4) is 17.2 Å². The third-order valence-corrected chi connectivity index (χ3v) is 5.76. The van der Waals surface area contributed by atoms with E-state index in [1.165, 1.54) is 7.11 Å². The number of methoxy groups -OCH3 is 1. The SMILES string of the molecule is CCCCOc1ccc(/C=N\N[C@@H](O)COc2ccc([C@H]3NC(=O)NC(C)=C3C(=O)OC)cc2OCC)cc1. The monoisotopic (exact) mass is 540 g/mol. The maximum atomic E-state index is 12.4. The number of hydrogen-bond acceptors (Lipinski definition) is 9. The van der Waals surface area contributed by atoms with E-state index in [2.05, 4.69) is 28.1 Å². The van der Waals surface area contributed by atoms with Crippen molar-refractivity contribution in [3.05, 3.63) is 64.9 Å². The minimum Gasteiger partial charge on any atom is -0.494 e. The Balaban J connectivity index is 1.62. The Kier molecular flexibility index (Phi) is 11.0. The molecule has 0 aromatic heterocycles. The van der Waals surface area contributed by atoms with Crippen LogP contribution in [0, 0.1) is 0 Å². The molecule has 0 bridgehead atoms. The molecule has 0 unspecified atom stereocenters. The molecule has 0 saturated carbocycles. The summed E-state index contributed by atoms with van der Waals surface area (Å²) in [7, 11) is 1.28. The van der Waals surface area contributed by atoms with Gasteiger partial charge in [0.2, 0.25) is 0 Å². The Morgan fingerprint density at radius 2 is 1.90 bits per heavy atom. The molecule has 11 heteroatoms. The first kappa shape index (κ1) is 29.3. The number of rotatable bonds is 14. The van der Waals surface area contributed by atoms with Crippen LogP contribution in [-0.2, 0) is 9.53 Å². The highest BCUT2D eigenvalue weighted by molar-refractivity contribution is 5.95. The first-order chi connectivity index (χ1) is 18.9. The molecular weight excluding hydrogens is 504 g/mol. The molecular formula is C28H36N4O7. The van der Waals surface area contributed by atoms with Crippen LogP contribution >= 0.6 is 0 Å². The quantitative estimate of drug-likeness (QED) is 0.0940. The van der Waals surface area contributed by atoms with Gasteiger partial charge in [-0.05, 0) is 67.8 Å². The predicted molar refractivity (Wildman–Crippen MR) is 146 cm³/mol. The highest BCUT2D eigenvalue weighted by Gasteiger charge is 2.32. The van der Waals surface area contributed by atoms with E-state index in [1.54, 1.807) is 31.3 Å². The summed E-state index contributed by atoms with van der Waals surface area (Å²) >= 11 is 0. The summed E-state index contributed by atoms with van der Waals surface area (Å²) in [5.74, 6) is 1.01. The molecule has 210 valence electrons. The molecule has 11 nitrogen and oxygen atoms in total. The van der Waals surface area contributed by atoms with Crippen molar-refractivity contribution >= 4 is 18.2 Å². The lowest BCUT2D eigenvalue weighted by molar-refractivity contribution is -0.136. The van der Waals surface area contributed by atoms with Crippen molar-refractivity contribution < 1.29 is 33.6 Å².